The fraction of sp³-hybridized carbons (Fsp3) is 0.240. The van der Waals surface area contributed by atoms with Crippen LogP contribution in [0.25, 0.3) is 10.2 Å². The summed E-state index contributed by atoms with van der Waals surface area (Å²) < 4.78 is 28.9. The summed E-state index contributed by atoms with van der Waals surface area (Å²) in [5.74, 6) is -0.632. The Balaban J connectivity index is 1.43. The minimum Gasteiger partial charge on any atom is -0.282 e. The standard InChI is InChI=1S/C25H23ClN4O3S2/c26-19-10-12-21(13-11-19)35(32,33)29-15-5-6-18(16-29)24(31)30(17-20-7-3-4-14-27-20)25-28-22-8-1-2-9-23(22)34-25/h1-4,7-14,18H,5-6,15-17H2. The number of sulfonamides is 1. The number of thiazole rings is 1. The van der Waals surface area contributed by atoms with Crippen molar-refractivity contribution in [3.63, 3.8) is 0 Å². The van der Waals surface area contributed by atoms with E-state index in [0.717, 1.165) is 15.9 Å². The number of hydrogen-bond donors (Lipinski definition) is 0. The maximum Gasteiger partial charge on any atom is 0.243 e. The second kappa shape index (κ2) is 10.0. The molecule has 4 aromatic rings. The Kier molecular flexibility index (Phi) is 6.84. The molecule has 1 saturated heterocycles. The summed E-state index contributed by atoms with van der Waals surface area (Å²) in [5, 5.41) is 1.05. The van der Waals surface area contributed by atoms with Crippen LogP contribution in [0, 0.1) is 5.92 Å². The molecule has 0 radical (unpaired) electrons. The summed E-state index contributed by atoms with van der Waals surface area (Å²) in [6.07, 6.45) is 2.90. The first kappa shape index (κ1) is 23.9. The zero-order valence-electron chi connectivity index (χ0n) is 18.7. The molecule has 1 aliphatic rings. The van der Waals surface area contributed by atoms with Crippen molar-refractivity contribution in [1.82, 2.24) is 14.3 Å². The molecule has 1 atom stereocenters. The Morgan fingerprint density at radius 3 is 2.60 bits per heavy atom. The number of fused-ring (bicyclic) bond motifs is 1. The van der Waals surface area contributed by atoms with Crippen LogP contribution < -0.4 is 4.90 Å². The Morgan fingerprint density at radius 1 is 1.09 bits per heavy atom. The predicted octanol–water partition coefficient (Wildman–Crippen LogP) is 4.98. The molecule has 10 heteroatoms. The Morgan fingerprint density at radius 2 is 1.86 bits per heavy atom. The van der Waals surface area contributed by atoms with E-state index in [-0.39, 0.29) is 23.9 Å². The first-order chi connectivity index (χ1) is 16.9. The highest BCUT2D eigenvalue weighted by atomic mass is 35.5. The van der Waals surface area contributed by atoms with Crippen LogP contribution in [-0.2, 0) is 21.4 Å². The molecule has 2 aromatic carbocycles. The van der Waals surface area contributed by atoms with Crippen LogP contribution in [0.5, 0.6) is 0 Å². The van der Waals surface area contributed by atoms with Crippen LogP contribution in [0.3, 0.4) is 0 Å². The number of rotatable bonds is 6. The number of carbonyl (C=O) groups excluding carboxylic acids is 1. The fourth-order valence-electron chi connectivity index (χ4n) is 4.21. The Hall–Kier alpha value is -2.85. The van der Waals surface area contributed by atoms with Crippen molar-refractivity contribution in [1.29, 1.82) is 0 Å². The van der Waals surface area contributed by atoms with Crippen molar-refractivity contribution in [3.8, 4) is 0 Å². The van der Waals surface area contributed by atoms with E-state index >= 15 is 0 Å². The second-order valence-corrected chi connectivity index (χ2v) is 11.7. The number of nitrogens with zero attached hydrogens (tertiary/aromatic N) is 4. The quantitative estimate of drug-likeness (QED) is 0.354. The van der Waals surface area contributed by atoms with Gasteiger partial charge in [-0.1, -0.05) is 41.1 Å². The van der Waals surface area contributed by atoms with Gasteiger partial charge in [0.1, 0.15) is 0 Å². The highest BCUT2D eigenvalue weighted by Gasteiger charge is 2.36. The number of amides is 1. The van der Waals surface area contributed by atoms with Gasteiger partial charge in [-0.2, -0.15) is 4.31 Å². The molecular weight excluding hydrogens is 504 g/mol. The second-order valence-electron chi connectivity index (χ2n) is 8.37. The van der Waals surface area contributed by atoms with E-state index in [4.69, 9.17) is 16.6 Å². The van der Waals surface area contributed by atoms with Gasteiger partial charge in [0, 0.05) is 24.3 Å². The number of piperidine rings is 1. The molecule has 0 N–H and O–H groups in total. The van der Waals surface area contributed by atoms with Crippen molar-refractivity contribution in [2.24, 2.45) is 5.92 Å². The van der Waals surface area contributed by atoms with Crippen molar-refractivity contribution in [3.05, 3.63) is 83.6 Å². The summed E-state index contributed by atoms with van der Waals surface area (Å²) in [5.41, 5.74) is 1.56. The van der Waals surface area contributed by atoms with Crippen LogP contribution in [-0.4, -0.2) is 41.7 Å². The number of hydrogen-bond acceptors (Lipinski definition) is 6. The van der Waals surface area contributed by atoms with Crippen LogP contribution in [0.15, 0.2) is 77.8 Å². The molecule has 0 spiro atoms. The Bertz CT molecular complexity index is 1410. The van der Waals surface area contributed by atoms with Crippen LogP contribution >= 0.6 is 22.9 Å². The fourth-order valence-corrected chi connectivity index (χ4v) is 6.83. The monoisotopic (exact) mass is 526 g/mol. The molecule has 180 valence electrons. The molecule has 1 aliphatic heterocycles. The summed E-state index contributed by atoms with van der Waals surface area (Å²) in [6.45, 7) is 0.753. The van der Waals surface area contributed by atoms with Crippen LogP contribution in [0.1, 0.15) is 18.5 Å². The summed E-state index contributed by atoms with van der Waals surface area (Å²) in [7, 11) is -3.74. The van der Waals surface area contributed by atoms with E-state index in [1.165, 1.54) is 27.8 Å². The maximum absolute atomic E-state index is 13.9. The molecule has 7 nitrogen and oxygen atoms in total. The summed E-state index contributed by atoms with van der Waals surface area (Å²) >= 11 is 7.38. The number of aromatic nitrogens is 2. The number of carbonyl (C=O) groups is 1. The van der Waals surface area contributed by atoms with Gasteiger partial charge in [-0.05, 0) is 61.4 Å². The van der Waals surface area contributed by atoms with Gasteiger partial charge in [-0.15, -0.1) is 0 Å². The van der Waals surface area contributed by atoms with E-state index < -0.39 is 15.9 Å². The third-order valence-corrected chi connectivity index (χ3v) is 9.20. The first-order valence-corrected chi connectivity index (χ1v) is 13.9. The maximum atomic E-state index is 13.9. The molecule has 2 aromatic heterocycles. The molecule has 0 aliphatic carbocycles. The lowest BCUT2D eigenvalue weighted by Crippen LogP contribution is -2.46. The summed E-state index contributed by atoms with van der Waals surface area (Å²) in [6, 6.07) is 19.4. The van der Waals surface area contributed by atoms with Gasteiger partial charge < -0.3 is 0 Å². The number of benzene rings is 2. The molecule has 0 bridgehead atoms. The van der Waals surface area contributed by atoms with E-state index in [9.17, 15) is 13.2 Å². The van der Waals surface area contributed by atoms with Gasteiger partial charge in [-0.3, -0.25) is 14.7 Å². The SMILES string of the molecule is O=C(C1CCCN(S(=O)(=O)c2ccc(Cl)cc2)C1)N(Cc1ccccn1)c1nc2ccccc2s1. The molecule has 3 heterocycles. The minimum absolute atomic E-state index is 0.118. The molecule has 1 amide bonds. The van der Waals surface area contributed by atoms with Crippen LogP contribution in [0.4, 0.5) is 5.13 Å². The van der Waals surface area contributed by atoms with Crippen molar-refractivity contribution >= 4 is 54.2 Å². The van der Waals surface area contributed by atoms with Crippen molar-refractivity contribution < 1.29 is 13.2 Å². The average Bonchev–Trinajstić information content (AvgIpc) is 3.32. The highest BCUT2D eigenvalue weighted by molar-refractivity contribution is 7.89. The lowest BCUT2D eigenvalue weighted by Gasteiger charge is -2.33. The van der Waals surface area contributed by atoms with Gasteiger partial charge in [0.25, 0.3) is 0 Å². The molecule has 0 saturated carbocycles. The number of para-hydroxylation sites is 1. The van der Waals surface area contributed by atoms with Gasteiger partial charge >= 0.3 is 0 Å². The zero-order chi connectivity index (χ0) is 24.4. The molecule has 1 fully saturated rings. The molecule has 5 rings (SSSR count). The Labute approximate surface area is 213 Å². The minimum atomic E-state index is -3.74. The molecule has 1 unspecified atom stereocenters. The third kappa shape index (κ3) is 5.08. The summed E-state index contributed by atoms with van der Waals surface area (Å²) in [4.78, 5) is 24.8. The highest BCUT2D eigenvalue weighted by Crippen LogP contribution is 2.32. The van der Waals surface area contributed by atoms with Gasteiger partial charge in [0.05, 0.1) is 33.3 Å². The van der Waals surface area contributed by atoms with E-state index in [0.29, 0.717) is 29.5 Å². The lowest BCUT2D eigenvalue weighted by molar-refractivity contribution is -0.123. The van der Waals surface area contributed by atoms with E-state index in [1.54, 1.807) is 23.2 Å². The van der Waals surface area contributed by atoms with E-state index in [1.807, 2.05) is 42.5 Å². The first-order valence-electron chi connectivity index (χ1n) is 11.2. The average molecular weight is 527 g/mol. The number of anilines is 1. The van der Waals surface area contributed by atoms with Crippen molar-refractivity contribution in [2.75, 3.05) is 18.0 Å². The number of pyridine rings is 1. The van der Waals surface area contributed by atoms with Gasteiger partial charge in [0.2, 0.25) is 15.9 Å². The largest absolute Gasteiger partial charge is 0.282 e. The smallest absolute Gasteiger partial charge is 0.243 e. The van der Waals surface area contributed by atoms with Gasteiger partial charge in [0.15, 0.2) is 5.13 Å². The molecule has 35 heavy (non-hydrogen) atoms. The lowest BCUT2D eigenvalue weighted by atomic mass is 9.98. The van der Waals surface area contributed by atoms with E-state index in [2.05, 4.69) is 4.98 Å². The van der Waals surface area contributed by atoms with Crippen LogP contribution in [0.2, 0.25) is 5.02 Å². The topological polar surface area (TPSA) is 83.5 Å². The predicted molar refractivity (Wildman–Crippen MR) is 138 cm³/mol. The van der Waals surface area contributed by atoms with Crippen molar-refractivity contribution in [2.45, 2.75) is 24.3 Å². The zero-order valence-corrected chi connectivity index (χ0v) is 21.1. The van der Waals surface area contributed by atoms with Gasteiger partial charge in [-0.25, -0.2) is 13.4 Å². The normalized spacial score (nSPS) is 16.9. The number of halogens is 1. The third-order valence-electron chi connectivity index (χ3n) is 6.01. The molecular formula is C25H23ClN4O3S2.